The summed E-state index contributed by atoms with van der Waals surface area (Å²) in [6, 6.07) is 10.5. The van der Waals surface area contributed by atoms with Gasteiger partial charge < -0.3 is 9.73 Å². The number of furan rings is 1. The molecule has 6 heteroatoms. The number of carbonyl (C=O) groups excluding carboxylic acids is 1. The maximum atomic E-state index is 12.3. The Hall–Kier alpha value is -1.59. The molecule has 0 aliphatic heterocycles. The van der Waals surface area contributed by atoms with E-state index in [-0.39, 0.29) is 23.5 Å². The van der Waals surface area contributed by atoms with E-state index in [0.29, 0.717) is 15.7 Å². The van der Waals surface area contributed by atoms with E-state index in [2.05, 4.69) is 5.32 Å². The first-order chi connectivity index (χ1) is 11.1. The van der Waals surface area contributed by atoms with Gasteiger partial charge in [0.05, 0.1) is 16.6 Å². The summed E-state index contributed by atoms with van der Waals surface area (Å²) >= 11 is 5.91. The van der Waals surface area contributed by atoms with Crippen molar-refractivity contribution >= 4 is 28.3 Å². The van der Waals surface area contributed by atoms with E-state index < -0.39 is 10.8 Å². The molecular weight excluding hydrogens is 334 g/mol. The zero-order chi connectivity index (χ0) is 16.2. The molecule has 23 heavy (non-hydrogen) atoms. The monoisotopic (exact) mass is 351 g/mol. The molecule has 0 saturated heterocycles. The van der Waals surface area contributed by atoms with Crippen LogP contribution in [0.1, 0.15) is 42.0 Å². The fourth-order valence-electron chi connectivity index (χ4n) is 2.73. The number of nitrogens with one attached hydrogen (secondary N) is 1. The van der Waals surface area contributed by atoms with E-state index in [0.717, 1.165) is 25.7 Å². The third-order valence-electron chi connectivity index (χ3n) is 3.91. The van der Waals surface area contributed by atoms with Crippen LogP contribution in [0.3, 0.4) is 0 Å². The first-order valence-electron chi connectivity index (χ1n) is 7.65. The SMILES string of the molecule is O=C(NC1CCCC1)c1ccc(CS(=O)c2cccc(Cl)c2)o1. The van der Waals surface area contributed by atoms with Gasteiger partial charge >= 0.3 is 0 Å². The lowest BCUT2D eigenvalue weighted by Gasteiger charge is -2.09. The molecule has 0 spiro atoms. The Kier molecular flexibility index (Phi) is 5.18. The fourth-order valence-corrected chi connectivity index (χ4v) is 4.05. The molecule has 1 N–H and O–H groups in total. The van der Waals surface area contributed by atoms with Crippen LogP contribution in [0.15, 0.2) is 45.7 Å². The van der Waals surface area contributed by atoms with Crippen molar-refractivity contribution in [2.24, 2.45) is 0 Å². The van der Waals surface area contributed by atoms with E-state index in [1.807, 2.05) is 0 Å². The minimum Gasteiger partial charge on any atom is -0.455 e. The van der Waals surface area contributed by atoms with Crippen molar-refractivity contribution in [3.05, 3.63) is 52.9 Å². The number of amides is 1. The van der Waals surface area contributed by atoms with Crippen molar-refractivity contribution in [3.8, 4) is 0 Å². The number of hydrogen-bond acceptors (Lipinski definition) is 3. The van der Waals surface area contributed by atoms with Gasteiger partial charge in [0.15, 0.2) is 5.76 Å². The molecule has 1 aromatic heterocycles. The highest BCUT2D eigenvalue weighted by atomic mass is 35.5. The van der Waals surface area contributed by atoms with Crippen molar-refractivity contribution in [1.29, 1.82) is 0 Å². The zero-order valence-corrected chi connectivity index (χ0v) is 14.2. The Labute approximate surface area is 142 Å². The molecule has 1 aromatic carbocycles. The molecule has 0 bridgehead atoms. The van der Waals surface area contributed by atoms with Crippen LogP contribution >= 0.6 is 11.6 Å². The Morgan fingerprint density at radius 3 is 2.78 bits per heavy atom. The van der Waals surface area contributed by atoms with Gasteiger partial charge in [-0.2, -0.15) is 0 Å². The summed E-state index contributed by atoms with van der Waals surface area (Å²) in [6.07, 6.45) is 4.37. The lowest BCUT2D eigenvalue weighted by Crippen LogP contribution is -2.32. The fraction of sp³-hybridized carbons (Fsp3) is 0.353. The minimum atomic E-state index is -1.26. The van der Waals surface area contributed by atoms with Crippen LogP contribution in [0.2, 0.25) is 5.02 Å². The first kappa shape index (κ1) is 16.3. The maximum absolute atomic E-state index is 12.3. The lowest BCUT2D eigenvalue weighted by molar-refractivity contribution is 0.0908. The van der Waals surface area contributed by atoms with Gasteiger partial charge in [-0.1, -0.05) is 30.5 Å². The van der Waals surface area contributed by atoms with Gasteiger partial charge in [0.2, 0.25) is 0 Å². The van der Waals surface area contributed by atoms with Gasteiger partial charge in [-0.3, -0.25) is 9.00 Å². The second-order valence-corrected chi connectivity index (χ2v) is 7.56. The first-order valence-corrected chi connectivity index (χ1v) is 9.35. The standard InChI is InChI=1S/C17H18ClNO3S/c18-12-4-3-7-15(10-12)23(21)11-14-8-9-16(22-14)17(20)19-13-5-1-2-6-13/h3-4,7-10,13H,1-2,5-6,11H2,(H,19,20). The van der Waals surface area contributed by atoms with Crippen molar-refractivity contribution in [3.63, 3.8) is 0 Å². The van der Waals surface area contributed by atoms with E-state index in [1.54, 1.807) is 36.4 Å². The third kappa shape index (κ3) is 4.24. The molecule has 1 aliphatic rings. The second kappa shape index (κ2) is 7.32. The lowest BCUT2D eigenvalue weighted by atomic mass is 10.2. The van der Waals surface area contributed by atoms with Crippen molar-refractivity contribution in [2.75, 3.05) is 0 Å². The van der Waals surface area contributed by atoms with Crippen LogP contribution in [-0.2, 0) is 16.6 Å². The molecule has 1 aliphatic carbocycles. The molecule has 1 heterocycles. The molecular formula is C17H18ClNO3S. The predicted molar refractivity (Wildman–Crippen MR) is 90.0 cm³/mol. The summed E-state index contributed by atoms with van der Waals surface area (Å²) < 4.78 is 17.9. The van der Waals surface area contributed by atoms with Gasteiger partial charge in [0.1, 0.15) is 5.76 Å². The topological polar surface area (TPSA) is 59.3 Å². The molecule has 1 saturated carbocycles. The number of halogens is 1. The van der Waals surface area contributed by atoms with Gasteiger partial charge in [-0.25, -0.2) is 0 Å². The van der Waals surface area contributed by atoms with E-state index >= 15 is 0 Å². The normalized spacial score (nSPS) is 16.4. The zero-order valence-electron chi connectivity index (χ0n) is 12.6. The van der Waals surface area contributed by atoms with Gasteiger partial charge in [-0.05, 0) is 43.2 Å². The number of benzene rings is 1. The summed E-state index contributed by atoms with van der Waals surface area (Å²) in [5.74, 6) is 0.823. The molecule has 3 rings (SSSR count). The Balaban J connectivity index is 1.62. The van der Waals surface area contributed by atoms with Crippen LogP contribution in [0.5, 0.6) is 0 Å². The molecule has 0 radical (unpaired) electrons. The quantitative estimate of drug-likeness (QED) is 0.888. The third-order valence-corrected chi connectivity index (χ3v) is 5.47. The van der Waals surface area contributed by atoms with Gasteiger partial charge in [0, 0.05) is 16.0 Å². The summed E-state index contributed by atoms with van der Waals surface area (Å²) in [4.78, 5) is 12.8. The highest BCUT2D eigenvalue weighted by molar-refractivity contribution is 7.84. The van der Waals surface area contributed by atoms with Crippen LogP contribution in [-0.4, -0.2) is 16.2 Å². The van der Waals surface area contributed by atoms with Crippen molar-refractivity contribution in [2.45, 2.75) is 42.4 Å². The highest BCUT2D eigenvalue weighted by Gasteiger charge is 2.20. The highest BCUT2D eigenvalue weighted by Crippen LogP contribution is 2.20. The van der Waals surface area contributed by atoms with E-state index in [4.69, 9.17) is 16.0 Å². The van der Waals surface area contributed by atoms with Crippen molar-refractivity contribution in [1.82, 2.24) is 5.32 Å². The second-order valence-electron chi connectivity index (χ2n) is 5.67. The average molecular weight is 352 g/mol. The predicted octanol–water partition coefficient (Wildman–Crippen LogP) is 3.91. The summed E-state index contributed by atoms with van der Waals surface area (Å²) in [7, 11) is -1.26. The number of hydrogen-bond donors (Lipinski definition) is 1. The summed E-state index contributed by atoms with van der Waals surface area (Å²) in [5.41, 5.74) is 0. The molecule has 4 nitrogen and oxygen atoms in total. The molecule has 122 valence electrons. The molecule has 1 atom stereocenters. The summed E-state index contributed by atoms with van der Waals surface area (Å²) in [5, 5.41) is 3.52. The number of carbonyl (C=O) groups is 1. The Morgan fingerprint density at radius 2 is 2.04 bits per heavy atom. The number of rotatable bonds is 5. The minimum absolute atomic E-state index is 0.198. The largest absolute Gasteiger partial charge is 0.455 e. The van der Waals surface area contributed by atoms with Crippen LogP contribution < -0.4 is 5.32 Å². The Morgan fingerprint density at radius 1 is 1.26 bits per heavy atom. The Bertz CT molecular complexity index is 722. The van der Waals surface area contributed by atoms with E-state index in [1.165, 1.54) is 0 Å². The van der Waals surface area contributed by atoms with E-state index in [9.17, 15) is 9.00 Å². The van der Waals surface area contributed by atoms with Crippen LogP contribution in [0.4, 0.5) is 0 Å². The van der Waals surface area contributed by atoms with Crippen molar-refractivity contribution < 1.29 is 13.4 Å². The van der Waals surface area contributed by atoms with Crippen LogP contribution in [0, 0.1) is 0 Å². The van der Waals surface area contributed by atoms with Gasteiger partial charge in [-0.15, -0.1) is 0 Å². The smallest absolute Gasteiger partial charge is 0.287 e. The molecule has 1 fully saturated rings. The summed E-state index contributed by atoms with van der Waals surface area (Å²) in [6.45, 7) is 0. The van der Waals surface area contributed by atoms with Crippen LogP contribution in [0.25, 0.3) is 0 Å². The molecule has 1 amide bonds. The average Bonchev–Trinajstić information content (AvgIpc) is 3.19. The molecule has 2 aromatic rings. The molecule has 1 unspecified atom stereocenters. The maximum Gasteiger partial charge on any atom is 0.287 e. The van der Waals surface area contributed by atoms with Gasteiger partial charge in [0.25, 0.3) is 5.91 Å².